The number of rotatable bonds is 10. The molecule has 4 rings (SSSR count). The van der Waals surface area contributed by atoms with Crippen molar-refractivity contribution in [1.29, 1.82) is 0 Å². The van der Waals surface area contributed by atoms with Gasteiger partial charge in [0.1, 0.15) is 11.9 Å². The minimum absolute atomic E-state index is 0.104. The Morgan fingerprint density at radius 1 is 1.14 bits per heavy atom. The maximum absolute atomic E-state index is 13.0. The Balaban J connectivity index is 1.69. The summed E-state index contributed by atoms with van der Waals surface area (Å²) < 4.78 is 31.7. The third-order valence-corrected chi connectivity index (χ3v) is 7.34. The van der Waals surface area contributed by atoms with Gasteiger partial charge in [0.05, 0.1) is 6.67 Å². The summed E-state index contributed by atoms with van der Waals surface area (Å²) in [7, 11) is 0. The molecule has 198 valence electrons. The van der Waals surface area contributed by atoms with Gasteiger partial charge in [0, 0.05) is 35.1 Å². The van der Waals surface area contributed by atoms with Crippen molar-refractivity contribution in [2.75, 3.05) is 32.2 Å². The quantitative estimate of drug-likeness (QED) is 0.221. The van der Waals surface area contributed by atoms with Gasteiger partial charge in [-0.05, 0) is 96.7 Å². The van der Waals surface area contributed by atoms with Gasteiger partial charge in [-0.15, -0.1) is 11.6 Å². The van der Waals surface area contributed by atoms with E-state index in [1.54, 1.807) is 12.1 Å². The summed E-state index contributed by atoms with van der Waals surface area (Å²) in [5.41, 5.74) is 6.26. The van der Waals surface area contributed by atoms with Crippen molar-refractivity contribution in [1.82, 2.24) is 4.90 Å². The fourth-order valence-electron chi connectivity index (χ4n) is 5.27. The van der Waals surface area contributed by atoms with Gasteiger partial charge in [0.15, 0.2) is 5.75 Å². The van der Waals surface area contributed by atoms with Crippen molar-refractivity contribution >= 4 is 28.8 Å². The van der Waals surface area contributed by atoms with Gasteiger partial charge in [-0.1, -0.05) is 42.0 Å². The first-order chi connectivity index (χ1) is 18.0. The average Bonchev–Trinajstić information content (AvgIpc) is 3.27. The molecule has 0 radical (unpaired) electrons. The number of hydrogen-bond acceptors (Lipinski definition) is 3. The van der Waals surface area contributed by atoms with Crippen molar-refractivity contribution in [3.05, 3.63) is 87.5 Å². The molecule has 0 bridgehead atoms. The number of hydrogen-bond donors (Lipinski definition) is 0. The molecule has 0 aromatic heterocycles. The van der Waals surface area contributed by atoms with Crippen LogP contribution in [0.2, 0.25) is 0 Å². The monoisotopic (exact) mass is 547 g/mol. The van der Waals surface area contributed by atoms with Crippen molar-refractivity contribution in [3.63, 3.8) is 0 Å². The molecule has 0 unspecified atom stereocenters. The van der Waals surface area contributed by atoms with Gasteiger partial charge in [0.25, 0.3) is 0 Å². The highest BCUT2D eigenvalue weighted by Crippen LogP contribution is 2.41. The molecule has 0 saturated carbocycles. The zero-order valence-corrected chi connectivity index (χ0v) is 22.6. The van der Waals surface area contributed by atoms with E-state index in [0.717, 1.165) is 84.5 Å². The molecule has 3 nitrogen and oxygen atoms in total. The Labute approximate surface area is 228 Å². The first-order valence-electron chi connectivity index (χ1n) is 12.8. The number of benzene rings is 2. The van der Waals surface area contributed by atoms with Gasteiger partial charge >= 0.3 is 0 Å². The first kappa shape index (κ1) is 27.7. The van der Waals surface area contributed by atoms with Crippen LogP contribution in [-0.2, 0) is 6.42 Å². The van der Waals surface area contributed by atoms with E-state index in [-0.39, 0.29) is 18.5 Å². The SMILES string of the molecule is C/C(Cl)=C(\C=C/CCl)C1=C(c2ccc(O[C@H]3CCN(CCCF)C3)cc2)c2ccc(OF)cc2CCC1. The fraction of sp³-hybridized carbons (Fsp3) is 0.400. The van der Waals surface area contributed by atoms with E-state index in [9.17, 15) is 8.92 Å². The highest BCUT2D eigenvalue weighted by molar-refractivity contribution is 6.30. The Morgan fingerprint density at radius 2 is 1.92 bits per heavy atom. The van der Waals surface area contributed by atoms with Crippen LogP contribution in [0.15, 0.2) is 70.8 Å². The van der Waals surface area contributed by atoms with Crippen LogP contribution in [-0.4, -0.2) is 43.2 Å². The second-order valence-electron chi connectivity index (χ2n) is 9.50. The number of ether oxygens (including phenoxy) is 1. The summed E-state index contributed by atoms with van der Waals surface area (Å²) in [4.78, 5) is 6.28. The highest BCUT2D eigenvalue weighted by atomic mass is 35.5. The van der Waals surface area contributed by atoms with E-state index < -0.39 is 0 Å². The molecule has 1 aliphatic heterocycles. The summed E-state index contributed by atoms with van der Waals surface area (Å²) >= 11 is 12.6. The minimum atomic E-state index is -0.283. The molecule has 2 aromatic rings. The zero-order valence-electron chi connectivity index (χ0n) is 21.1. The van der Waals surface area contributed by atoms with Gasteiger partial charge < -0.3 is 4.74 Å². The highest BCUT2D eigenvalue weighted by Gasteiger charge is 2.25. The molecular weight excluding hydrogens is 515 g/mol. The largest absolute Gasteiger partial charge is 0.489 e. The van der Waals surface area contributed by atoms with Crippen LogP contribution in [0.4, 0.5) is 8.92 Å². The van der Waals surface area contributed by atoms with E-state index in [2.05, 4.69) is 22.0 Å². The second-order valence-corrected chi connectivity index (χ2v) is 10.4. The topological polar surface area (TPSA) is 21.7 Å². The predicted molar refractivity (Wildman–Crippen MR) is 148 cm³/mol. The summed E-state index contributed by atoms with van der Waals surface area (Å²) in [6, 6.07) is 13.5. The van der Waals surface area contributed by atoms with Crippen LogP contribution in [0, 0.1) is 0 Å². The van der Waals surface area contributed by atoms with Crippen molar-refractivity contribution in [2.45, 2.75) is 45.1 Å². The Morgan fingerprint density at radius 3 is 2.62 bits per heavy atom. The van der Waals surface area contributed by atoms with Crippen LogP contribution in [0.1, 0.15) is 49.3 Å². The van der Waals surface area contributed by atoms with Crippen molar-refractivity contribution in [3.8, 4) is 11.5 Å². The smallest absolute Gasteiger partial charge is 0.172 e. The molecule has 0 N–H and O–H groups in total. The zero-order chi connectivity index (χ0) is 26.2. The maximum Gasteiger partial charge on any atom is 0.172 e. The Bertz CT molecular complexity index is 1160. The third kappa shape index (κ3) is 6.95. The van der Waals surface area contributed by atoms with Crippen LogP contribution >= 0.6 is 23.2 Å². The average molecular weight is 549 g/mol. The van der Waals surface area contributed by atoms with E-state index in [4.69, 9.17) is 27.9 Å². The van der Waals surface area contributed by atoms with E-state index in [1.165, 1.54) is 0 Å². The number of fused-ring (bicyclic) bond motifs is 1. The van der Waals surface area contributed by atoms with E-state index in [0.29, 0.717) is 17.3 Å². The molecule has 2 aromatic carbocycles. The molecule has 1 fully saturated rings. The number of likely N-dealkylation sites (tertiary alicyclic amines) is 1. The van der Waals surface area contributed by atoms with Crippen molar-refractivity contribution in [2.24, 2.45) is 0 Å². The molecule has 0 spiro atoms. The number of halogens is 4. The predicted octanol–water partition coefficient (Wildman–Crippen LogP) is 8.21. The maximum atomic E-state index is 13.0. The lowest BCUT2D eigenvalue weighted by molar-refractivity contribution is -0.00629. The van der Waals surface area contributed by atoms with Gasteiger partial charge in [-0.2, -0.15) is 0 Å². The second kappa shape index (κ2) is 13.5. The molecule has 1 aliphatic carbocycles. The lowest BCUT2D eigenvalue weighted by Gasteiger charge is -2.19. The lowest BCUT2D eigenvalue weighted by atomic mass is 9.87. The summed E-state index contributed by atoms with van der Waals surface area (Å²) in [5.74, 6) is 1.40. The molecule has 1 heterocycles. The molecule has 7 heteroatoms. The van der Waals surface area contributed by atoms with E-state index in [1.807, 2.05) is 37.3 Å². The molecule has 2 aliphatic rings. The van der Waals surface area contributed by atoms with E-state index >= 15 is 0 Å². The number of aryl methyl sites for hydroxylation is 1. The molecular formula is C30H33Cl2F2NO2. The molecule has 1 saturated heterocycles. The minimum Gasteiger partial charge on any atom is -0.489 e. The number of nitrogens with zero attached hydrogens (tertiary/aromatic N) is 1. The standard InChI is InChI=1S/C30H33Cl2F2NO2/c1-21(32)27(7-3-15-31)29-6-2-5-23-19-25(37-34)12-13-28(23)30(29)22-8-10-24(11-9-22)36-26-14-18-35(20-26)17-4-16-33/h3,7-13,19,26H,2,4-6,14-18,20H2,1H3/b7-3-,27-21-/t26-/m0/s1. The molecule has 1 atom stereocenters. The van der Waals surface area contributed by atoms with Crippen LogP contribution in [0.5, 0.6) is 11.5 Å². The van der Waals surface area contributed by atoms with Crippen LogP contribution in [0.25, 0.3) is 5.57 Å². The van der Waals surface area contributed by atoms with Gasteiger partial charge in [-0.3, -0.25) is 14.2 Å². The van der Waals surface area contributed by atoms with Gasteiger partial charge in [0.2, 0.25) is 0 Å². The number of allylic oxidation sites excluding steroid dienone is 5. The number of alkyl halides is 2. The van der Waals surface area contributed by atoms with Gasteiger partial charge in [-0.25, -0.2) is 0 Å². The Kier molecular flexibility index (Phi) is 10.1. The van der Waals surface area contributed by atoms with Crippen molar-refractivity contribution < 1.29 is 18.6 Å². The third-order valence-electron chi connectivity index (χ3n) is 6.96. The van der Waals surface area contributed by atoms with Crippen LogP contribution in [0.3, 0.4) is 0 Å². The molecule has 0 amide bonds. The summed E-state index contributed by atoms with van der Waals surface area (Å²) in [6.07, 6.45) is 8.00. The first-order valence-corrected chi connectivity index (χ1v) is 13.7. The molecule has 37 heavy (non-hydrogen) atoms. The normalized spacial score (nSPS) is 19.1. The Hall–Kier alpha value is -2.34. The lowest BCUT2D eigenvalue weighted by Crippen LogP contribution is -2.26. The summed E-state index contributed by atoms with van der Waals surface area (Å²) in [5, 5.41) is 0.694. The summed E-state index contributed by atoms with van der Waals surface area (Å²) in [6.45, 7) is 4.13. The van der Waals surface area contributed by atoms with Crippen LogP contribution < -0.4 is 9.68 Å². The fourth-order valence-corrected chi connectivity index (χ4v) is 5.54.